The van der Waals surface area contributed by atoms with Crippen molar-refractivity contribution in [2.45, 2.75) is 19.3 Å². The van der Waals surface area contributed by atoms with Gasteiger partial charge in [0, 0.05) is 61.6 Å². The molecule has 3 heteroatoms. The molecule has 1 aliphatic rings. The molecule has 82 heavy (non-hydrogen) atoms. The van der Waals surface area contributed by atoms with Crippen molar-refractivity contribution < 1.29 is 0 Å². The van der Waals surface area contributed by atoms with E-state index in [-0.39, 0.29) is 5.41 Å². The molecular formula is C79H57N3. The first-order chi connectivity index (χ1) is 40.4. The number of nitrogens with zero attached hydrogens (tertiary/aromatic N) is 3. The van der Waals surface area contributed by atoms with Crippen molar-refractivity contribution in [3.05, 3.63) is 321 Å². The molecule has 0 fully saturated rings. The van der Waals surface area contributed by atoms with Gasteiger partial charge in [-0.2, -0.15) is 0 Å². The summed E-state index contributed by atoms with van der Waals surface area (Å²) in [5, 5.41) is 6.10. The van der Waals surface area contributed by atoms with Crippen molar-refractivity contribution in [1.82, 2.24) is 4.57 Å². The van der Waals surface area contributed by atoms with E-state index in [9.17, 15) is 0 Å². The summed E-state index contributed by atoms with van der Waals surface area (Å²) < 4.78 is 2.53. The molecule has 3 nitrogen and oxygen atoms in total. The zero-order valence-electron chi connectivity index (χ0n) is 45.8. The Labute approximate surface area is 479 Å². The minimum absolute atomic E-state index is 0.299. The van der Waals surface area contributed by atoms with Gasteiger partial charge in [0.1, 0.15) is 0 Å². The van der Waals surface area contributed by atoms with E-state index in [4.69, 9.17) is 0 Å². The van der Waals surface area contributed by atoms with Crippen LogP contribution in [-0.2, 0) is 5.41 Å². The van der Waals surface area contributed by atoms with E-state index in [1.54, 1.807) is 0 Å². The van der Waals surface area contributed by atoms with E-state index in [1.807, 2.05) is 0 Å². The predicted octanol–water partition coefficient (Wildman–Crippen LogP) is 21.9. The van der Waals surface area contributed by atoms with E-state index in [0.717, 1.165) is 39.8 Å². The smallest absolute Gasteiger partial charge is 0.0620 e. The van der Waals surface area contributed by atoms with Crippen molar-refractivity contribution in [1.29, 1.82) is 0 Å². The zero-order valence-corrected chi connectivity index (χ0v) is 45.8. The Kier molecular flexibility index (Phi) is 11.9. The van der Waals surface area contributed by atoms with Gasteiger partial charge in [-0.3, -0.25) is 0 Å². The molecule has 0 N–H and O–H groups in total. The Balaban J connectivity index is 0.850. The Hall–Kier alpha value is -10.5. The number of anilines is 6. The summed E-state index contributed by atoms with van der Waals surface area (Å²) in [5.41, 5.74) is 23.4. The average Bonchev–Trinajstić information content (AvgIpc) is 2.53. The first-order valence-corrected chi connectivity index (χ1v) is 28.4. The van der Waals surface area contributed by atoms with Gasteiger partial charge >= 0.3 is 0 Å². The number of benzene rings is 13. The third-order valence-corrected chi connectivity index (χ3v) is 16.9. The van der Waals surface area contributed by atoms with Crippen LogP contribution in [0.25, 0.3) is 93.9 Å². The summed E-state index contributed by atoms with van der Waals surface area (Å²) in [6.07, 6.45) is 0. The van der Waals surface area contributed by atoms with E-state index in [2.05, 4.69) is 338 Å². The fourth-order valence-corrected chi connectivity index (χ4v) is 13.0. The molecule has 0 saturated carbocycles. The molecule has 0 saturated heterocycles. The number of para-hydroxylation sites is 2. The molecule has 0 unspecified atom stereocenters. The highest BCUT2D eigenvalue weighted by molar-refractivity contribution is 6.18. The van der Waals surface area contributed by atoms with Gasteiger partial charge in [-0.25, -0.2) is 0 Å². The summed E-state index contributed by atoms with van der Waals surface area (Å²) in [4.78, 5) is 4.73. The molecule has 1 aliphatic carbocycles. The number of rotatable bonds is 11. The lowest BCUT2D eigenvalue weighted by atomic mass is 9.81. The lowest BCUT2D eigenvalue weighted by molar-refractivity contribution is 0.660. The summed E-state index contributed by atoms with van der Waals surface area (Å²) in [7, 11) is 0. The highest BCUT2D eigenvalue weighted by Crippen LogP contribution is 2.53. The van der Waals surface area contributed by atoms with Crippen LogP contribution in [0.1, 0.15) is 25.0 Å². The number of hydrogen-bond acceptors (Lipinski definition) is 2. The van der Waals surface area contributed by atoms with Crippen LogP contribution >= 0.6 is 0 Å². The topological polar surface area (TPSA) is 11.4 Å². The van der Waals surface area contributed by atoms with Crippen LogP contribution in [-0.4, -0.2) is 4.57 Å². The third kappa shape index (κ3) is 8.28. The Morgan fingerprint density at radius 2 is 0.744 bits per heavy atom. The zero-order chi connectivity index (χ0) is 54.7. The van der Waals surface area contributed by atoms with E-state index in [0.29, 0.717) is 0 Å². The molecule has 0 spiro atoms. The van der Waals surface area contributed by atoms with E-state index < -0.39 is 0 Å². The van der Waals surface area contributed by atoms with E-state index >= 15 is 0 Å². The highest BCUT2D eigenvalue weighted by Gasteiger charge is 2.37. The second-order valence-corrected chi connectivity index (χ2v) is 22.1. The normalized spacial score (nSPS) is 12.4. The standard InChI is InChI=1S/C79H57N3/c1-79(2)74-52-60(68-33-20-34-72-69(68)49-50-73-76(57-24-10-4-11-25-57)77(58-26-12-5-13-27-58)82(78(72)73)66-41-37-55-23-18-19-28-59(55)51-66)38-47-70(74)71-48-46-67(53-75(71)79)81(63-39-35-56(36-40-63)54-21-8-3-9-22-54)65-44-42-64(43-45-65)80(61-29-14-6-15-30-61)62-31-16-7-17-32-62/h3-53H,1-2H3. The first kappa shape index (κ1) is 48.6. The van der Waals surface area contributed by atoms with Gasteiger partial charge in [0.2, 0.25) is 0 Å². The van der Waals surface area contributed by atoms with Crippen molar-refractivity contribution in [2.24, 2.45) is 0 Å². The summed E-state index contributed by atoms with van der Waals surface area (Å²) >= 11 is 0. The molecule has 0 aliphatic heterocycles. The van der Waals surface area contributed by atoms with Gasteiger partial charge in [0.25, 0.3) is 0 Å². The monoisotopic (exact) mass is 1050 g/mol. The molecule has 1 heterocycles. The van der Waals surface area contributed by atoms with Crippen LogP contribution in [0.4, 0.5) is 34.1 Å². The molecule has 13 aromatic carbocycles. The van der Waals surface area contributed by atoms with Gasteiger partial charge in [-0.05, 0) is 163 Å². The number of fused-ring (bicyclic) bond motifs is 7. The molecule has 0 radical (unpaired) electrons. The molecule has 0 amide bonds. The maximum Gasteiger partial charge on any atom is 0.0620 e. The molecular weight excluding hydrogens is 991 g/mol. The van der Waals surface area contributed by atoms with Crippen molar-refractivity contribution >= 4 is 66.6 Å². The van der Waals surface area contributed by atoms with Crippen LogP contribution in [0.3, 0.4) is 0 Å². The van der Waals surface area contributed by atoms with Gasteiger partial charge < -0.3 is 14.4 Å². The van der Waals surface area contributed by atoms with Crippen LogP contribution in [0, 0.1) is 0 Å². The Morgan fingerprint density at radius 3 is 1.38 bits per heavy atom. The molecule has 1 aromatic heterocycles. The average molecular weight is 1050 g/mol. The number of aromatic nitrogens is 1. The number of hydrogen-bond donors (Lipinski definition) is 0. The highest BCUT2D eigenvalue weighted by atomic mass is 15.2. The van der Waals surface area contributed by atoms with Gasteiger partial charge in [0.15, 0.2) is 0 Å². The fourth-order valence-electron chi connectivity index (χ4n) is 13.0. The van der Waals surface area contributed by atoms with Crippen LogP contribution in [0.15, 0.2) is 309 Å². The van der Waals surface area contributed by atoms with Gasteiger partial charge in [-0.15, -0.1) is 0 Å². The predicted molar refractivity (Wildman–Crippen MR) is 347 cm³/mol. The largest absolute Gasteiger partial charge is 0.311 e. The van der Waals surface area contributed by atoms with E-state index in [1.165, 1.54) is 99.3 Å². The Bertz CT molecular complexity index is 4620. The molecule has 15 rings (SSSR count). The summed E-state index contributed by atoms with van der Waals surface area (Å²) in [6, 6.07) is 113. The molecule has 0 atom stereocenters. The van der Waals surface area contributed by atoms with Crippen LogP contribution in [0.2, 0.25) is 0 Å². The van der Waals surface area contributed by atoms with Crippen LogP contribution < -0.4 is 9.80 Å². The summed E-state index contributed by atoms with van der Waals surface area (Å²) in [6.45, 7) is 4.81. The quantitative estimate of drug-likeness (QED) is 0.128. The van der Waals surface area contributed by atoms with Crippen molar-refractivity contribution in [3.8, 4) is 61.5 Å². The first-order valence-electron chi connectivity index (χ1n) is 28.4. The van der Waals surface area contributed by atoms with Gasteiger partial charge in [-0.1, -0.05) is 232 Å². The third-order valence-electron chi connectivity index (χ3n) is 16.9. The lowest BCUT2D eigenvalue weighted by Gasteiger charge is -2.29. The van der Waals surface area contributed by atoms with Crippen LogP contribution in [0.5, 0.6) is 0 Å². The Morgan fingerprint density at radius 1 is 0.280 bits per heavy atom. The SMILES string of the molecule is CC1(C)c2cc(-c3cccc4c3ccc3c(-c5ccccc5)c(-c5ccccc5)n(-c5ccc6ccccc6c5)c34)ccc2-c2ccc(N(c3ccc(-c4ccccc4)cc3)c3ccc(N(c4ccccc4)c4ccccc4)cc3)cc21. The molecule has 14 aromatic rings. The van der Waals surface area contributed by atoms with Crippen molar-refractivity contribution in [3.63, 3.8) is 0 Å². The minimum Gasteiger partial charge on any atom is -0.311 e. The lowest BCUT2D eigenvalue weighted by Crippen LogP contribution is -2.17. The fraction of sp³-hybridized carbons (Fsp3) is 0.0380. The maximum absolute atomic E-state index is 2.53. The second-order valence-electron chi connectivity index (χ2n) is 22.1. The molecule has 0 bridgehead atoms. The van der Waals surface area contributed by atoms with Gasteiger partial charge in [0.05, 0.1) is 11.2 Å². The minimum atomic E-state index is -0.299. The summed E-state index contributed by atoms with van der Waals surface area (Å²) in [5.74, 6) is 0. The maximum atomic E-state index is 2.53. The second kappa shape index (κ2) is 20.0. The molecule has 388 valence electrons. The van der Waals surface area contributed by atoms with Crippen molar-refractivity contribution in [2.75, 3.05) is 9.80 Å².